The number of aliphatic hydroxyl groups excluding tert-OH is 1. The number of carboxylic acid groups (broad SMARTS) is 1. The number of ether oxygens (including phenoxy) is 1. The summed E-state index contributed by atoms with van der Waals surface area (Å²) in [5.74, 6) is -0.134. The molecule has 0 bridgehead atoms. The Morgan fingerprint density at radius 2 is 2.30 bits per heavy atom. The van der Waals surface area contributed by atoms with Gasteiger partial charge in [-0.15, -0.1) is 0 Å². The van der Waals surface area contributed by atoms with Crippen LogP contribution < -0.4 is 10.1 Å². The Morgan fingerprint density at radius 3 is 2.95 bits per heavy atom. The molecule has 1 aromatic rings. The Hall–Kier alpha value is -1.59. The first kappa shape index (κ1) is 14.8. The second kappa shape index (κ2) is 6.24. The molecule has 0 aromatic heterocycles. The highest BCUT2D eigenvalue weighted by molar-refractivity contribution is 5.67. The molecule has 0 saturated heterocycles. The molecular weight excluding hydrogens is 258 g/mol. The van der Waals surface area contributed by atoms with Crippen molar-refractivity contribution in [3.8, 4) is 5.75 Å². The molecule has 2 rings (SSSR count). The smallest absolute Gasteiger partial charge is 0.304 e. The summed E-state index contributed by atoms with van der Waals surface area (Å²) in [6, 6.07) is 5.31. The first-order valence-electron chi connectivity index (χ1n) is 6.92. The molecule has 5 heteroatoms. The summed E-state index contributed by atoms with van der Waals surface area (Å²) < 4.78 is 5.68. The van der Waals surface area contributed by atoms with Gasteiger partial charge in [-0.05, 0) is 25.0 Å². The molecule has 110 valence electrons. The second-order valence-corrected chi connectivity index (χ2v) is 5.25. The minimum absolute atomic E-state index is 0.0187. The zero-order chi connectivity index (χ0) is 14.7. The van der Waals surface area contributed by atoms with Gasteiger partial charge in [-0.3, -0.25) is 4.79 Å². The molecular formula is C15H21NO4. The van der Waals surface area contributed by atoms with Crippen molar-refractivity contribution in [1.29, 1.82) is 0 Å². The number of aliphatic hydroxyl groups is 1. The quantitative estimate of drug-likeness (QED) is 0.761. The molecule has 3 N–H and O–H groups in total. The van der Waals surface area contributed by atoms with Gasteiger partial charge in [-0.25, -0.2) is 0 Å². The molecule has 0 saturated carbocycles. The monoisotopic (exact) mass is 279 g/mol. The number of nitrogens with one attached hydrogen (secondary N) is 1. The number of aryl methyl sites for hydroxylation is 1. The van der Waals surface area contributed by atoms with Crippen LogP contribution in [0.2, 0.25) is 0 Å². The topological polar surface area (TPSA) is 78.8 Å². The van der Waals surface area contributed by atoms with Gasteiger partial charge in [-0.1, -0.05) is 19.1 Å². The molecule has 0 radical (unpaired) electrons. The standard InChI is InChI=1S/C15H21NO4/c1-3-10-4-5-11-13(7-10)20-8-12(15(11)19)16-9(2)6-14(17)18/h4-5,7,9,12,15-16,19H,3,6,8H2,1-2H3,(H,17,18)/t9?,12-,15+/m0/s1. The lowest BCUT2D eigenvalue weighted by molar-refractivity contribution is -0.137. The third-order valence-electron chi connectivity index (χ3n) is 3.58. The zero-order valence-corrected chi connectivity index (χ0v) is 11.8. The van der Waals surface area contributed by atoms with Crippen molar-refractivity contribution in [1.82, 2.24) is 5.32 Å². The largest absolute Gasteiger partial charge is 0.491 e. The van der Waals surface area contributed by atoms with Gasteiger partial charge in [0.1, 0.15) is 18.5 Å². The fraction of sp³-hybridized carbons (Fsp3) is 0.533. The summed E-state index contributed by atoms with van der Waals surface area (Å²) in [5, 5.41) is 22.3. The number of hydrogen-bond donors (Lipinski definition) is 3. The first-order valence-corrected chi connectivity index (χ1v) is 6.92. The van der Waals surface area contributed by atoms with Gasteiger partial charge in [0.05, 0.1) is 12.5 Å². The van der Waals surface area contributed by atoms with E-state index in [-0.39, 0.29) is 18.5 Å². The molecule has 1 aliphatic heterocycles. The summed E-state index contributed by atoms with van der Waals surface area (Å²) >= 11 is 0. The average Bonchev–Trinajstić information content (AvgIpc) is 2.40. The van der Waals surface area contributed by atoms with Crippen molar-refractivity contribution in [2.24, 2.45) is 0 Å². The Bertz CT molecular complexity index is 489. The van der Waals surface area contributed by atoms with E-state index >= 15 is 0 Å². The predicted molar refractivity (Wildman–Crippen MR) is 74.9 cm³/mol. The van der Waals surface area contributed by atoms with E-state index in [0.29, 0.717) is 6.61 Å². The van der Waals surface area contributed by atoms with E-state index in [9.17, 15) is 9.90 Å². The van der Waals surface area contributed by atoms with Crippen LogP contribution in [-0.2, 0) is 11.2 Å². The number of hydrogen-bond acceptors (Lipinski definition) is 4. The van der Waals surface area contributed by atoms with Gasteiger partial charge >= 0.3 is 5.97 Å². The fourth-order valence-corrected chi connectivity index (χ4v) is 2.48. The summed E-state index contributed by atoms with van der Waals surface area (Å²) in [5.41, 5.74) is 1.93. The number of carboxylic acids is 1. The SMILES string of the molecule is CCc1ccc2c(c1)OC[C@H](NC(C)CC(=O)O)[C@@H]2O. The maximum absolute atomic E-state index is 10.7. The maximum Gasteiger partial charge on any atom is 0.304 e. The molecule has 3 atom stereocenters. The van der Waals surface area contributed by atoms with Crippen LogP contribution in [0.25, 0.3) is 0 Å². The zero-order valence-electron chi connectivity index (χ0n) is 11.8. The predicted octanol–water partition coefficient (Wildman–Crippen LogP) is 1.50. The molecule has 1 aliphatic rings. The van der Waals surface area contributed by atoms with Gasteiger partial charge in [0.2, 0.25) is 0 Å². The summed E-state index contributed by atoms with van der Waals surface area (Å²) in [6.07, 6.45) is 0.260. The Labute approximate surface area is 118 Å². The minimum atomic E-state index is -0.857. The Morgan fingerprint density at radius 1 is 1.55 bits per heavy atom. The van der Waals surface area contributed by atoms with Crippen LogP contribution in [0, 0.1) is 0 Å². The van der Waals surface area contributed by atoms with Crippen molar-refractivity contribution in [3.05, 3.63) is 29.3 Å². The van der Waals surface area contributed by atoms with Crippen LogP contribution >= 0.6 is 0 Å². The van der Waals surface area contributed by atoms with Gasteiger partial charge < -0.3 is 20.3 Å². The van der Waals surface area contributed by atoms with Gasteiger partial charge in [0.25, 0.3) is 0 Å². The van der Waals surface area contributed by atoms with E-state index in [2.05, 4.69) is 12.2 Å². The number of fused-ring (bicyclic) bond motifs is 1. The van der Waals surface area contributed by atoms with E-state index < -0.39 is 12.1 Å². The Kier molecular flexibility index (Phi) is 4.62. The average molecular weight is 279 g/mol. The van der Waals surface area contributed by atoms with E-state index in [1.165, 1.54) is 5.56 Å². The van der Waals surface area contributed by atoms with E-state index in [0.717, 1.165) is 17.7 Å². The molecule has 0 fully saturated rings. The molecule has 1 heterocycles. The van der Waals surface area contributed by atoms with Crippen LogP contribution in [-0.4, -0.2) is 34.9 Å². The summed E-state index contributed by atoms with van der Waals surface area (Å²) in [7, 11) is 0. The van der Waals surface area contributed by atoms with Crippen molar-refractivity contribution >= 4 is 5.97 Å². The Balaban J connectivity index is 2.07. The van der Waals surface area contributed by atoms with Crippen LogP contribution in [0.1, 0.15) is 37.5 Å². The van der Waals surface area contributed by atoms with Crippen molar-refractivity contribution < 1.29 is 19.7 Å². The van der Waals surface area contributed by atoms with E-state index in [4.69, 9.17) is 9.84 Å². The van der Waals surface area contributed by atoms with Crippen LogP contribution in [0.3, 0.4) is 0 Å². The van der Waals surface area contributed by atoms with Crippen molar-refractivity contribution in [2.75, 3.05) is 6.61 Å². The van der Waals surface area contributed by atoms with Crippen LogP contribution in [0.5, 0.6) is 5.75 Å². The highest BCUT2D eigenvalue weighted by atomic mass is 16.5. The molecule has 5 nitrogen and oxygen atoms in total. The fourth-order valence-electron chi connectivity index (χ4n) is 2.48. The van der Waals surface area contributed by atoms with Crippen molar-refractivity contribution in [3.63, 3.8) is 0 Å². The molecule has 20 heavy (non-hydrogen) atoms. The second-order valence-electron chi connectivity index (χ2n) is 5.25. The highest BCUT2D eigenvalue weighted by Gasteiger charge is 2.30. The van der Waals surface area contributed by atoms with Gasteiger partial charge in [0.15, 0.2) is 0 Å². The third-order valence-corrected chi connectivity index (χ3v) is 3.58. The first-order chi connectivity index (χ1) is 9.51. The number of rotatable bonds is 5. The van der Waals surface area contributed by atoms with Gasteiger partial charge in [0, 0.05) is 11.6 Å². The normalized spacial score (nSPS) is 22.8. The minimum Gasteiger partial charge on any atom is -0.491 e. The molecule has 1 unspecified atom stereocenters. The lowest BCUT2D eigenvalue weighted by atomic mass is 9.96. The van der Waals surface area contributed by atoms with E-state index in [1.54, 1.807) is 6.92 Å². The number of benzene rings is 1. The lowest BCUT2D eigenvalue weighted by Crippen LogP contribution is -2.47. The summed E-state index contributed by atoms with van der Waals surface area (Å²) in [6.45, 7) is 4.20. The third kappa shape index (κ3) is 3.29. The molecule has 0 amide bonds. The molecule has 0 aliphatic carbocycles. The number of carbonyl (C=O) groups is 1. The number of aliphatic carboxylic acids is 1. The highest BCUT2D eigenvalue weighted by Crippen LogP contribution is 2.33. The van der Waals surface area contributed by atoms with Crippen molar-refractivity contribution in [2.45, 2.75) is 44.9 Å². The van der Waals surface area contributed by atoms with Gasteiger partial charge in [-0.2, -0.15) is 0 Å². The molecule has 0 spiro atoms. The molecule has 1 aromatic carbocycles. The van der Waals surface area contributed by atoms with Crippen LogP contribution in [0.15, 0.2) is 18.2 Å². The summed E-state index contributed by atoms with van der Waals surface area (Å²) in [4.78, 5) is 10.7. The van der Waals surface area contributed by atoms with E-state index in [1.807, 2.05) is 18.2 Å². The lowest BCUT2D eigenvalue weighted by Gasteiger charge is -2.33. The maximum atomic E-state index is 10.7. The van der Waals surface area contributed by atoms with Crippen LogP contribution in [0.4, 0.5) is 0 Å².